The van der Waals surface area contributed by atoms with Crippen LogP contribution in [-0.2, 0) is 4.74 Å². The summed E-state index contributed by atoms with van der Waals surface area (Å²) in [5.74, 6) is 0. The highest BCUT2D eigenvalue weighted by Crippen LogP contribution is 2.28. The largest absolute Gasteiger partial charge is 0.373 e. The zero-order valence-corrected chi connectivity index (χ0v) is 8.81. The lowest BCUT2D eigenvalue weighted by atomic mass is 9.91. The molecule has 0 radical (unpaired) electrons. The average Bonchev–Trinajstić information content (AvgIpc) is 2.30. The Kier molecular flexibility index (Phi) is 2.84. The molecule has 1 aromatic carbocycles. The van der Waals surface area contributed by atoms with Crippen molar-refractivity contribution < 1.29 is 4.74 Å². The Balaban J connectivity index is 2.35. The summed E-state index contributed by atoms with van der Waals surface area (Å²) in [7, 11) is 1.70. The molecule has 0 heterocycles. The van der Waals surface area contributed by atoms with Crippen LogP contribution in [0, 0.1) is 0 Å². The molecule has 0 saturated heterocycles. The second-order valence-electron chi connectivity index (χ2n) is 3.51. The van der Waals surface area contributed by atoms with E-state index in [1.807, 2.05) is 30.4 Å². The van der Waals surface area contributed by atoms with E-state index in [9.17, 15) is 0 Å². The van der Waals surface area contributed by atoms with Crippen LogP contribution in [-0.4, -0.2) is 13.2 Å². The molecule has 0 aliphatic heterocycles. The van der Waals surface area contributed by atoms with Crippen molar-refractivity contribution in [2.24, 2.45) is 0 Å². The molecule has 15 heavy (non-hydrogen) atoms. The maximum atomic E-state index is 5.33. The molecule has 1 atom stereocenters. The first-order valence-electron chi connectivity index (χ1n) is 4.99. The number of hydrogen-bond donors (Lipinski definition) is 0. The zero-order valence-electron chi connectivity index (χ0n) is 8.81. The second kappa shape index (κ2) is 4.28. The fourth-order valence-electron chi connectivity index (χ4n) is 1.75. The molecule has 1 aromatic rings. The Bertz CT molecular complexity index is 412. The van der Waals surface area contributed by atoms with Gasteiger partial charge in [0, 0.05) is 7.11 Å². The summed E-state index contributed by atoms with van der Waals surface area (Å²) in [4.78, 5) is 0. The highest BCUT2D eigenvalue weighted by Gasteiger charge is 2.16. The minimum absolute atomic E-state index is 0.00482. The fourth-order valence-corrected chi connectivity index (χ4v) is 1.75. The molecule has 1 unspecified atom stereocenters. The number of hydrogen-bond acceptors (Lipinski definition) is 1. The van der Waals surface area contributed by atoms with Crippen molar-refractivity contribution in [1.82, 2.24) is 0 Å². The standard InChI is InChI=1S/C14H14O/c1-11-13(9-6-10-14(11)15-2)12-7-4-3-5-8-12/h3-10,14H,1H2,2H3. The average molecular weight is 198 g/mol. The van der Waals surface area contributed by atoms with Crippen LogP contribution in [0.15, 0.2) is 60.7 Å². The van der Waals surface area contributed by atoms with Gasteiger partial charge in [0.25, 0.3) is 0 Å². The molecule has 1 aliphatic carbocycles. The number of allylic oxidation sites excluding steroid dienone is 2. The number of benzene rings is 1. The van der Waals surface area contributed by atoms with Crippen molar-refractivity contribution in [2.75, 3.05) is 7.11 Å². The lowest BCUT2D eigenvalue weighted by Crippen LogP contribution is -2.13. The van der Waals surface area contributed by atoms with Gasteiger partial charge in [-0.3, -0.25) is 0 Å². The number of rotatable bonds is 2. The van der Waals surface area contributed by atoms with Gasteiger partial charge in [-0.15, -0.1) is 0 Å². The molecule has 0 spiro atoms. The van der Waals surface area contributed by atoms with E-state index in [1.165, 1.54) is 5.56 Å². The monoisotopic (exact) mass is 198 g/mol. The smallest absolute Gasteiger partial charge is 0.101 e. The van der Waals surface area contributed by atoms with Crippen molar-refractivity contribution in [1.29, 1.82) is 0 Å². The van der Waals surface area contributed by atoms with Crippen LogP contribution in [0.25, 0.3) is 5.57 Å². The van der Waals surface area contributed by atoms with E-state index in [0.29, 0.717) is 0 Å². The summed E-state index contributed by atoms with van der Waals surface area (Å²) in [6, 6.07) is 10.2. The van der Waals surface area contributed by atoms with E-state index in [1.54, 1.807) is 7.11 Å². The fraction of sp³-hybridized carbons (Fsp3) is 0.143. The number of ether oxygens (including phenoxy) is 1. The van der Waals surface area contributed by atoms with Gasteiger partial charge in [0.1, 0.15) is 6.10 Å². The molecule has 0 amide bonds. The second-order valence-corrected chi connectivity index (χ2v) is 3.51. The molecule has 1 heteroatoms. The van der Waals surface area contributed by atoms with Gasteiger partial charge in [0.05, 0.1) is 0 Å². The third-order valence-electron chi connectivity index (χ3n) is 2.58. The van der Waals surface area contributed by atoms with E-state index in [4.69, 9.17) is 4.74 Å². The molecular formula is C14H14O. The Morgan fingerprint density at radius 2 is 1.93 bits per heavy atom. The minimum Gasteiger partial charge on any atom is -0.373 e. The van der Waals surface area contributed by atoms with E-state index in [2.05, 4.69) is 24.8 Å². The molecule has 0 saturated carbocycles. The first-order chi connectivity index (χ1) is 7.33. The van der Waals surface area contributed by atoms with Crippen LogP contribution in [0.4, 0.5) is 0 Å². The number of methoxy groups -OCH3 is 1. The molecule has 0 N–H and O–H groups in total. The third kappa shape index (κ3) is 1.92. The third-order valence-corrected chi connectivity index (χ3v) is 2.58. The van der Waals surface area contributed by atoms with E-state index >= 15 is 0 Å². The van der Waals surface area contributed by atoms with E-state index in [0.717, 1.165) is 11.1 Å². The van der Waals surface area contributed by atoms with Crippen LogP contribution >= 0.6 is 0 Å². The quantitative estimate of drug-likeness (QED) is 0.709. The van der Waals surface area contributed by atoms with Crippen LogP contribution in [0.3, 0.4) is 0 Å². The van der Waals surface area contributed by atoms with Gasteiger partial charge in [-0.05, 0) is 16.7 Å². The first kappa shape index (κ1) is 9.94. The lowest BCUT2D eigenvalue weighted by Gasteiger charge is -2.20. The van der Waals surface area contributed by atoms with Crippen molar-refractivity contribution in [3.05, 3.63) is 66.3 Å². The summed E-state index contributed by atoms with van der Waals surface area (Å²) in [5.41, 5.74) is 3.37. The summed E-state index contributed by atoms with van der Waals surface area (Å²) in [5, 5.41) is 0. The van der Waals surface area contributed by atoms with Crippen LogP contribution < -0.4 is 0 Å². The Labute approximate surface area is 90.4 Å². The molecule has 1 aliphatic rings. The summed E-state index contributed by atoms with van der Waals surface area (Å²) >= 11 is 0. The first-order valence-corrected chi connectivity index (χ1v) is 4.99. The SMILES string of the molecule is C=C1C(c2ccccc2)=CC=CC1OC. The van der Waals surface area contributed by atoms with Crippen molar-refractivity contribution in [3.63, 3.8) is 0 Å². The highest BCUT2D eigenvalue weighted by molar-refractivity contribution is 5.82. The van der Waals surface area contributed by atoms with Crippen LogP contribution in [0.1, 0.15) is 5.56 Å². The predicted octanol–water partition coefficient (Wildman–Crippen LogP) is 3.21. The maximum absolute atomic E-state index is 5.33. The summed E-state index contributed by atoms with van der Waals surface area (Å²) in [6.07, 6.45) is 6.11. The lowest BCUT2D eigenvalue weighted by molar-refractivity contribution is 0.172. The molecule has 0 bridgehead atoms. The summed E-state index contributed by atoms with van der Waals surface area (Å²) < 4.78 is 5.33. The van der Waals surface area contributed by atoms with Crippen molar-refractivity contribution >= 4 is 5.57 Å². The normalized spacial score (nSPS) is 20.2. The molecule has 2 rings (SSSR count). The predicted molar refractivity (Wildman–Crippen MR) is 63.5 cm³/mol. The van der Waals surface area contributed by atoms with Gasteiger partial charge < -0.3 is 4.74 Å². The Morgan fingerprint density at radius 3 is 2.60 bits per heavy atom. The summed E-state index contributed by atoms with van der Waals surface area (Å²) in [6.45, 7) is 4.08. The van der Waals surface area contributed by atoms with Gasteiger partial charge >= 0.3 is 0 Å². The van der Waals surface area contributed by atoms with Gasteiger partial charge in [-0.25, -0.2) is 0 Å². The van der Waals surface area contributed by atoms with Crippen molar-refractivity contribution in [2.45, 2.75) is 6.10 Å². The molecule has 1 nitrogen and oxygen atoms in total. The van der Waals surface area contributed by atoms with E-state index < -0.39 is 0 Å². The molecule has 0 fully saturated rings. The van der Waals surface area contributed by atoms with Crippen molar-refractivity contribution in [3.8, 4) is 0 Å². The molecule has 76 valence electrons. The Morgan fingerprint density at radius 1 is 1.20 bits per heavy atom. The van der Waals surface area contributed by atoms with Gasteiger partial charge in [-0.1, -0.05) is 55.1 Å². The molecule has 0 aromatic heterocycles. The van der Waals surface area contributed by atoms with Gasteiger partial charge in [0.2, 0.25) is 0 Å². The van der Waals surface area contributed by atoms with Crippen LogP contribution in [0.2, 0.25) is 0 Å². The van der Waals surface area contributed by atoms with Crippen LogP contribution in [0.5, 0.6) is 0 Å². The van der Waals surface area contributed by atoms with Gasteiger partial charge in [0.15, 0.2) is 0 Å². The maximum Gasteiger partial charge on any atom is 0.101 e. The zero-order chi connectivity index (χ0) is 10.7. The molecular weight excluding hydrogens is 184 g/mol. The van der Waals surface area contributed by atoms with E-state index in [-0.39, 0.29) is 6.10 Å². The highest BCUT2D eigenvalue weighted by atomic mass is 16.5. The van der Waals surface area contributed by atoms with Gasteiger partial charge in [-0.2, -0.15) is 0 Å². The Hall–Kier alpha value is -1.60. The topological polar surface area (TPSA) is 9.23 Å². The minimum atomic E-state index is 0.00482.